The van der Waals surface area contributed by atoms with Gasteiger partial charge in [-0.1, -0.05) is 31.9 Å². The van der Waals surface area contributed by atoms with Gasteiger partial charge in [-0.05, 0) is 30.9 Å². The van der Waals surface area contributed by atoms with Gasteiger partial charge in [-0.15, -0.1) is 0 Å². The van der Waals surface area contributed by atoms with Crippen LogP contribution in [0.2, 0.25) is 0 Å². The molecule has 1 saturated carbocycles. The number of rotatable bonds is 6. The Bertz CT molecular complexity index is 784. The first-order valence-electron chi connectivity index (χ1n) is 9.11. The number of hydrogen-bond donors (Lipinski definition) is 1. The highest BCUT2D eigenvalue weighted by Gasteiger charge is 2.21. The number of nitrogens with one attached hydrogen (secondary N) is 1. The fourth-order valence-electron chi connectivity index (χ4n) is 3.54. The molecule has 2 aromatic rings. The first-order chi connectivity index (χ1) is 12.1. The summed E-state index contributed by atoms with van der Waals surface area (Å²) in [5.74, 6) is 0.533. The summed E-state index contributed by atoms with van der Waals surface area (Å²) < 4.78 is 7.72. The number of pyridine rings is 1. The normalized spacial score (nSPS) is 20.5. The van der Waals surface area contributed by atoms with Crippen LogP contribution in [-0.2, 0) is 16.1 Å². The summed E-state index contributed by atoms with van der Waals surface area (Å²) >= 11 is 0. The summed E-state index contributed by atoms with van der Waals surface area (Å²) in [4.78, 5) is 24.1. The molecule has 0 spiro atoms. The molecule has 0 unspecified atom stereocenters. The minimum atomic E-state index is -0.0749. The Morgan fingerprint density at radius 1 is 1.24 bits per heavy atom. The minimum absolute atomic E-state index is 0.0257. The summed E-state index contributed by atoms with van der Waals surface area (Å²) in [6, 6.07) is 8.85. The van der Waals surface area contributed by atoms with Gasteiger partial charge in [0.25, 0.3) is 0 Å². The van der Waals surface area contributed by atoms with Gasteiger partial charge in [0.2, 0.25) is 5.91 Å². The van der Waals surface area contributed by atoms with Crippen LogP contribution in [0.3, 0.4) is 0 Å². The van der Waals surface area contributed by atoms with Crippen LogP contribution in [0.15, 0.2) is 41.3 Å². The lowest BCUT2D eigenvalue weighted by atomic mass is 9.88. The standard InChI is InChI=1S/C20H26N2O3/c1-15-6-2-5-9-19(15)25-13-11-21-20(24)14-22-12-10-18(23)16-7-3-4-8-17(16)22/h3-4,7-8,10,12,15,19H,2,5-6,9,11,13-14H2,1H3,(H,21,24)/t15-,19+/m1/s1. The molecule has 1 aliphatic carbocycles. The summed E-state index contributed by atoms with van der Waals surface area (Å²) in [5, 5.41) is 3.53. The Morgan fingerprint density at radius 2 is 2.04 bits per heavy atom. The highest BCUT2D eigenvalue weighted by molar-refractivity contribution is 5.82. The fourth-order valence-corrected chi connectivity index (χ4v) is 3.54. The molecule has 0 bridgehead atoms. The zero-order chi connectivity index (χ0) is 17.6. The second-order valence-corrected chi connectivity index (χ2v) is 6.85. The van der Waals surface area contributed by atoms with E-state index in [1.54, 1.807) is 16.8 Å². The van der Waals surface area contributed by atoms with Crippen molar-refractivity contribution in [3.63, 3.8) is 0 Å². The average molecular weight is 342 g/mol. The lowest BCUT2D eigenvalue weighted by Gasteiger charge is -2.28. The smallest absolute Gasteiger partial charge is 0.240 e. The van der Waals surface area contributed by atoms with Gasteiger partial charge in [0.15, 0.2) is 5.43 Å². The van der Waals surface area contributed by atoms with E-state index in [1.165, 1.54) is 25.3 Å². The van der Waals surface area contributed by atoms with Crippen LogP contribution in [0, 0.1) is 5.92 Å². The van der Waals surface area contributed by atoms with Crippen molar-refractivity contribution in [1.29, 1.82) is 0 Å². The molecule has 1 aliphatic rings. The van der Waals surface area contributed by atoms with E-state index in [0.29, 0.717) is 30.6 Å². The molecule has 5 heteroatoms. The largest absolute Gasteiger partial charge is 0.376 e. The molecule has 1 fully saturated rings. The molecule has 0 saturated heterocycles. The molecule has 25 heavy (non-hydrogen) atoms. The van der Waals surface area contributed by atoms with Crippen LogP contribution in [0.5, 0.6) is 0 Å². The van der Waals surface area contributed by atoms with Gasteiger partial charge in [0.1, 0.15) is 6.54 Å². The molecule has 1 aromatic heterocycles. The van der Waals surface area contributed by atoms with Gasteiger partial charge >= 0.3 is 0 Å². The highest BCUT2D eigenvalue weighted by Crippen LogP contribution is 2.25. The van der Waals surface area contributed by atoms with Crippen molar-refractivity contribution in [3.05, 3.63) is 46.8 Å². The van der Waals surface area contributed by atoms with E-state index in [0.717, 1.165) is 11.9 Å². The van der Waals surface area contributed by atoms with Crippen molar-refractivity contribution in [2.24, 2.45) is 5.92 Å². The monoisotopic (exact) mass is 342 g/mol. The van der Waals surface area contributed by atoms with Crippen molar-refractivity contribution in [3.8, 4) is 0 Å². The highest BCUT2D eigenvalue weighted by atomic mass is 16.5. The van der Waals surface area contributed by atoms with Crippen molar-refractivity contribution in [1.82, 2.24) is 9.88 Å². The van der Waals surface area contributed by atoms with Gasteiger partial charge in [-0.3, -0.25) is 9.59 Å². The molecule has 1 aromatic carbocycles. The maximum atomic E-state index is 12.2. The van der Waals surface area contributed by atoms with E-state index in [1.807, 2.05) is 18.2 Å². The summed E-state index contributed by atoms with van der Waals surface area (Å²) in [5.41, 5.74) is 0.750. The Hall–Kier alpha value is -2.14. The molecule has 1 N–H and O–H groups in total. The quantitative estimate of drug-likeness (QED) is 0.821. The third-order valence-corrected chi connectivity index (χ3v) is 4.99. The third kappa shape index (κ3) is 4.48. The predicted molar refractivity (Wildman–Crippen MR) is 98.6 cm³/mol. The van der Waals surface area contributed by atoms with Crippen molar-refractivity contribution in [2.75, 3.05) is 13.2 Å². The van der Waals surface area contributed by atoms with E-state index in [-0.39, 0.29) is 17.9 Å². The van der Waals surface area contributed by atoms with E-state index >= 15 is 0 Å². The number of aromatic nitrogens is 1. The van der Waals surface area contributed by atoms with Crippen LogP contribution >= 0.6 is 0 Å². The first kappa shape index (κ1) is 17.7. The van der Waals surface area contributed by atoms with Gasteiger partial charge in [0.05, 0.1) is 18.2 Å². The zero-order valence-corrected chi connectivity index (χ0v) is 14.7. The topological polar surface area (TPSA) is 60.3 Å². The molecule has 134 valence electrons. The molecule has 1 heterocycles. The van der Waals surface area contributed by atoms with Crippen LogP contribution in [0.1, 0.15) is 32.6 Å². The number of carbonyl (C=O) groups is 1. The second-order valence-electron chi connectivity index (χ2n) is 6.85. The van der Waals surface area contributed by atoms with E-state index in [2.05, 4.69) is 12.2 Å². The molecule has 1 amide bonds. The van der Waals surface area contributed by atoms with Crippen LogP contribution in [-0.4, -0.2) is 29.7 Å². The summed E-state index contributed by atoms with van der Waals surface area (Å²) in [6.07, 6.45) is 6.89. The number of ether oxygens (including phenoxy) is 1. The van der Waals surface area contributed by atoms with Crippen LogP contribution in [0.4, 0.5) is 0 Å². The number of para-hydroxylation sites is 1. The molecule has 0 aliphatic heterocycles. The molecule has 0 radical (unpaired) electrons. The Kier molecular flexibility index (Phi) is 5.87. The lowest BCUT2D eigenvalue weighted by Crippen LogP contribution is -2.33. The maximum Gasteiger partial charge on any atom is 0.240 e. The van der Waals surface area contributed by atoms with Crippen molar-refractivity contribution >= 4 is 16.8 Å². The fraction of sp³-hybridized carbons (Fsp3) is 0.500. The van der Waals surface area contributed by atoms with Gasteiger partial charge in [-0.2, -0.15) is 0 Å². The van der Waals surface area contributed by atoms with Gasteiger partial charge in [0, 0.05) is 24.2 Å². The number of fused-ring (bicyclic) bond motifs is 1. The predicted octanol–water partition coefficient (Wildman–Crippen LogP) is 2.71. The molecule has 3 rings (SSSR count). The average Bonchev–Trinajstić information content (AvgIpc) is 2.63. The summed E-state index contributed by atoms with van der Waals surface area (Å²) in [6.45, 7) is 3.50. The number of hydrogen-bond acceptors (Lipinski definition) is 3. The molecular formula is C20H26N2O3. The van der Waals surface area contributed by atoms with E-state index in [4.69, 9.17) is 4.74 Å². The SMILES string of the molecule is C[C@@H]1CCCC[C@@H]1OCCNC(=O)Cn1ccc(=O)c2ccccc21. The maximum absolute atomic E-state index is 12.2. The Labute approximate surface area is 148 Å². The lowest BCUT2D eigenvalue weighted by molar-refractivity contribution is -0.122. The zero-order valence-electron chi connectivity index (χ0n) is 14.7. The third-order valence-electron chi connectivity index (χ3n) is 4.99. The number of nitrogens with zero attached hydrogens (tertiary/aromatic N) is 1. The van der Waals surface area contributed by atoms with Crippen LogP contribution < -0.4 is 10.7 Å². The van der Waals surface area contributed by atoms with E-state index in [9.17, 15) is 9.59 Å². The number of benzene rings is 1. The summed E-state index contributed by atoms with van der Waals surface area (Å²) in [7, 11) is 0. The second kappa shape index (κ2) is 8.30. The molecule has 2 atom stereocenters. The van der Waals surface area contributed by atoms with Gasteiger partial charge in [-0.25, -0.2) is 0 Å². The number of carbonyl (C=O) groups excluding carboxylic acids is 1. The minimum Gasteiger partial charge on any atom is -0.376 e. The Morgan fingerprint density at radius 3 is 2.88 bits per heavy atom. The molecule has 5 nitrogen and oxygen atoms in total. The van der Waals surface area contributed by atoms with E-state index < -0.39 is 0 Å². The Balaban J connectivity index is 1.50. The van der Waals surface area contributed by atoms with Crippen LogP contribution in [0.25, 0.3) is 10.9 Å². The number of amides is 1. The van der Waals surface area contributed by atoms with Gasteiger partial charge < -0.3 is 14.6 Å². The first-order valence-corrected chi connectivity index (χ1v) is 9.11. The van der Waals surface area contributed by atoms with Crippen molar-refractivity contribution < 1.29 is 9.53 Å². The molecular weight excluding hydrogens is 316 g/mol. The van der Waals surface area contributed by atoms with Crippen molar-refractivity contribution in [2.45, 2.75) is 45.3 Å².